The number of thiophene rings is 2. The normalized spacial score (nSPS) is 10.4. The van der Waals surface area contributed by atoms with Crippen LogP contribution in [0.15, 0.2) is 53.2 Å². The van der Waals surface area contributed by atoms with E-state index in [0.29, 0.717) is 11.4 Å². The monoisotopic (exact) mass is 371 g/mol. The molecule has 0 bridgehead atoms. The van der Waals surface area contributed by atoms with Gasteiger partial charge >= 0.3 is 5.97 Å². The number of hydrogen-bond donors (Lipinski definition) is 1. The fraction of sp³-hybridized carbons (Fsp3) is 0.158. The number of aryl methyl sites for hydroxylation is 1. The maximum atomic E-state index is 12.3. The van der Waals surface area contributed by atoms with Crippen LogP contribution in [-0.4, -0.2) is 18.5 Å². The van der Waals surface area contributed by atoms with Crippen molar-refractivity contribution < 1.29 is 14.3 Å². The second kappa shape index (κ2) is 8.09. The average Bonchev–Trinajstić information content (AvgIpc) is 3.30. The first-order valence-corrected chi connectivity index (χ1v) is 9.50. The van der Waals surface area contributed by atoms with E-state index >= 15 is 0 Å². The molecule has 0 saturated carbocycles. The third-order valence-corrected chi connectivity index (χ3v) is 5.36. The number of benzene rings is 1. The second-order valence-corrected chi connectivity index (χ2v) is 7.41. The van der Waals surface area contributed by atoms with Crippen molar-refractivity contribution in [3.05, 3.63) is 68.5 Å². The number of nitrogens with one attached hydrogen (secondary N) is 1. The first kappa shape index (κ1) is 17.4. The number of ether oxygens (including phenoxy) is 1. The minimum absolute atomic E-state index is 0.282. The molecular formula is C19H17NO3S2. The van der Waals surface area contributed by atoms with Crippen molar-refractivity contribution in [2.45, 2.75) is 13.5 Å². The molecule has 2 heterocycles. The van der Waals surface area contributed by atoms with E-state index < -0.39 is 5.97 Å². The van der Waals surface area contributed by atoms with Gasteiger partial charge in [0, 0.05) is 10.4 Å². The van der Waals surface area contributed by atoms with Gasteiger partial charge in [-0.25, -0.2) is 4.79 Å². The third kappa shape index (κ3) is 4.55. The Labute approximate surface area is 154 Å². The van der Waals surface area contributed by atoms with Crippen LogP contribution in [0.5, 0.6) is 0 Å². The first-order valence-electron chi connectivity index (χ1n) is 7.74. The van der Waals surface area contributed by atoms with Crippen molar-refractivity contribution in [3.8, 4) is 11.1 Å². The van der Waals surface area contributed by atoms with Crippen LogP contribution in [0.4, 0.5) is 0 Å². The fourth-order valence-corrected chi connectivity index (χ4v) is 3.73. The Morgan fingerprint density at radius 2 is 1.84 bits per heavy atom. The summed E-state index contributed by atoms with van der Waals surface area (Å²) in [4.78, 5) is 25.7. The van der Waals surface area contributed by atoms with E-state index in [9.17, 15) is 9.59 Å². The molecule has 0 spiro atoms. The number of hydrogen-bond acceptors (Lipinski definition) is 5. The van der Waals surface area contributed by atoms with E-state index in [1.54, 1.807) is 11.3 Å². The number of amides is 1. The van der Waals surface area contributed by atoms with E-state index in [0.717, 1.165) is 21.6 Å². The highest BCUT2D eigenvalue weighted by molar-refractivity contribution is 7.12. The van der Waals surface area contributed by atoms with Crippen LogP contribution in [-0.2, 0) is 16.1 Å². The summed E-state index contributed by atoms with van der Waals surface area (Å²) < 4.78 is 5.17. The lowest BCUT2D eigenvalue weighted by Gasteiger charge is -2.07. The molecule has 4 nitrogen and oxygen atoms in total. The van der Waals surface area contributed by atoms with Crippen molar-refractivity contribution in [1.29, 1.82) is 0 Å². The van der Waals surface area contributed by atoms with Crippen LogP contribution >= 0.6 is 22.7 Å². The molecule has 1 N–H and O–H groups in total. The number of carbonyl (C=O) groups is 2. The Morgan fingerprint density at radius 3 is 2.56 bits per heavy atom. The molecule has 6 heteroatoms. The minimum Gasteiger partial charge on any atom is -0.451 e. The first-order chi connectivity index (χ1) is 12.1. The quantitative estimate of drug-likeness (QED) is 0.659. The summed E-state index contributed by atoms with van der Waals surface area (Å²) in [5.41, 5.74) is 2.94. The Kier molecular flexibility index (Phi) is 5.63. The Morgan fingerprint density at radius 1 is 1.04 bits per heavy atom. The summed E-state index contributed by atoms with van der Waals surface area (Å²) in [7, 11) is 0. The molecule has 0 saturated heterocycles. The maximum Gasteiger partial charge on any atom is 0.349 e. The van der Waals surface area contributed by atoms with Gasteiger partial charge in [0.15, 0.2) is 6.61 Å². The van der Waals surface area contributed by atoms with Crippen LogP contribution in [0.1, 0.15) is 20.1 Å². The molecule has 0 radical (unpaired) electrons. The van der Waals surface area contributed by atoms with Crippen molar-refractivity contribution in [3.63, 3.8) is 0 Å². The van der Waals surface area contributed by atoms with E-state index in [1.165, 1.54) is 11.3 Å². The van der Waals surface area contributed by atoms with Gasteiger partial charge in [0.25, 0.3) is 5.91 Å². The lowest BCUT2D eigenvalue weighted by atomic mass is 10.1. The summed E-state index contributed by atoms with van der Waals surface area (Å²) in [6.07, 6.45) is 0. The molecule has 1 aromatic carbocycles. The Bertz CT molecular complexity index is 851. The van der Waals surface area contributed by atoms with Crippen molar-refractivity contribution >= 4 is 34.6 Å². The summed E-state index contributed by atoms with van der Waals surface area (Å²) >= 11 is 2.88. The second-order valence-electron chi connectivity index (χ2n) is 5.46. The molecule has 128 valence electrons. The van der Waals surface area contributed by atoms with Crippen molar-refractivity contribution in [2.75, 3.05) is 6.61 Å². The van der Waals surface area contributed by atoms with Crippen LogP contribution < -0.4 is 5.32 Å². The van der Waals surface area contributed by atoms with Gasteiger partial charge in [-0.1, -0.05) is 35.9 Å². The van der Waals surface area contributed by atoms with Gasteiger partial charge < -0.3 is 10.1 Å². The van der Waals surface area contributed by atoms with Crippen LogP contribution in [0.2, 0.25) is 0 Å². The zero-order valence-electron chi connectivity index (χ0n) is 13.7. The average molecular weight is 371 g/mol. The van der Waals surface area contributed by atoms with E-state index in [-0.39, 0.29) is 12.5 Å². The predicted octanol–water partition coefficient (Wildman–Crippen LogP) is 4.26. The molecule has 0 aliphatic heterocycles. The number of rotatable bonds is 6. The van der Waals surface area contributed by atoms with Gasteiger partial charge in [-0.15, -0.1) is 22.7 Å². The molecule has 1 amide bonds. The standard InChI is InChI=1S/C19H17NO3S2/c1-13-4-6-14(7-5-13)16-8-10-25-18(16)19(22)23-12-17(21)20-11-15-3-2-9-24-15/h2-10H,11-12H2,1H3,(H,20,21). The highest BCUT2D eigenvalue weighted by atomic mass is 32.1. The summed E-state index contributed by atoms with van der Waals surface area (Å²) in [6.45, 7) is 2.18. The van der Waals surface area contributed by atoms with Crippen molar-refractivity contribution in [1.82, 2.24) is 5.32 Å². The lowest BCUT2D eigenvalue weighted by molar-refractivity contribution is -0.124. The molecule has 25 heavy (non-hydrogen) atoms. The van der Waals surface area contributed by atoms with Crippen LogP contribution in [0.25, 0.3) is 11.1 Å². The van der Waals surface area contributed by atoms with Gasteiger partial charge in [-0.2, -0.15) is 0 Å². The Hall–Kier alpha value is -2.44. The molecule has 2 aromatic heterocycles. The molecule has 0 unspecified atom stereocenters. The van der Waals surface area contributed by atoms with E-state index in [2.05, 4.69) is 5.32 Å². The molecular weight excluding hydrogens is 354 g/mol. The molecule has 0 aliphatic carbocycles. The minimum atomic E-state index is -0.475. The molecule has 3 aromatic rings. The fourth-order valence-electron chi connectivity index (χ4n) is 2.27. The van der Waals surface area contributed by atoms with Gasteiger partial charge in [0.2, 0.25) is 0 Å². The largest absolute Gasteiger partial charge is 0.451 e. The summed E-state index contributed by atoms with van der Waals surface area (Å²) in [5.74, 6) is -0.785. The Balaban J connectivity index is 1.57. The molecule has 0 aliphatic rings. The number of esters is 1. The van der Waals surface area contributed by atoms with E-state index in [4.69, 9.17) is 4.74 Å². The molecule has 0 atom stereocenters. The third-order valence-electron chi connectivity index (χ3n) is 3.59. The maximum absolute atomic E-state index is 12.3. The van der Waals surface area contributed by atoms with Gasteiger partial charge in [0.1, 0.15) is 4.88 Å². The zero-order valence-corrected chi connectivity index (χ0v) is 15.3. The zero-order chi connectivity index (χ0) is 17.6. The van der Waals surface area contributed by atoms with E-state index in [1.807, 2.05) is 60.1 Å². The van der Waals surface area contributed by atoms with Crippen LogP contribution in [0, 0.1) is 6.92 Å². The number of carbonyl (C=O) groups excluding carboxylic acids is 2. The molecule has 0 fully saturated rings. The van der Waals surface area contributed by atoms with Gasteiger partial charge in [-0.3, -0.25) is 4.79 Å². The molecule has 3 rings (SSSR count). The summed E-state index contributed by atoms with van der Waals surface area (Å²) in [5, 5.41) is 6.54. The predicted molar refractivity (Wildman–Crippen MR) is 101 cm³/mol. The highest BCUT2D eigenvalue weighted by Crippen LogP contribution is 2.29. The topological polar surface area (TPSA) is 55.4 Å². The van der Waals surface area contributed by atoms with Gasteiger partial charge in [-0.05, 0) is 35.4 Å². The summed E-state index contributed by atoms with van der Waals surface area (Å²) in [6, 6.07) is 13.7. The van der Waals surface area contributed by atoms with Crippen LogP contribution in [0.3, 0.4) is 0 Å². The smallest absolute Gasteiger partial charge is 0.349 e. The van der Waals surface area contributed by atoms with Gasteiger partial charge in [0.05, 0.1) is 6.54 Å². The highest BCUT2D eigenvalue weighted by Gasteiger charge is 2.17. The SMILES string of the molecule is Cc1ccc(-c2ccsc2C(=O)OCC(=O)NCc2cccs2)cc1. The van der Waals surface area contributed by atoms with Crippen molar-refractivity contribution in [2.24, 2.45) is 0 Å². The lowest BCUT2D eigenvalue weighted by Crippen LogP contribution is -2.28.